The van der Waals surface area contributed by atoms with E-state index in [9.17, 15) is 9.59 Å². The first-order valence-corrected chi connectivity index (χ1v) is 9.56. The highest BCUT2D eigenvalue weighted by molar-refractivity contribution is 8.26. The number of hydrogen-bond acceptors (Lipinski definition) is 5. The molecule has 0 bridgehead atoms. The Kier molecular flexibility index (Phi) is 6.06. The van der Waals surface area contributed by atoms with Crippen LogP contribution in [0, 0.1) is 0 Å². The average Bonchev–Trinajstić information content (AvgIpc) is 2.91. The molecule has 0 spiro atoms. The molecule has 138 valence electrons. The lowest BCUT2D eigenvalue weighted by molar-refractivity contribution is -0.123. The van der Waals surface area contributed by atoms with Crippen LogP contribution in [0.4, 0.5) is 0 Å². The number of benzene rings is 2. The fourth-order valence-corrected chi connectivity index (χ4v) is 3.95. The highest BCUT2D eigenvalue weighted by Crippen LogP contribution is 2.33. The molecule has 1 fully saturated rings. The number of para-hydroxylation sites is 1. The van der Waals surface area contributed by atoms with Crippen LogP contribution in [0.1, 0.15) is 15.9 Å². The summed E-state index contributed by atoms with van der Waals surface area (Å²) in [6.07, 6.45) is 1.60. The Hall–Kier alpha value is -2.06. The summed E-state index contributed by atoms with van der Waals surface area (Å²) in [5.74, 6) is -0.558. The van der Waals surface area contributed by atoms with E-state index >= 15 is 0 Å². The van der Waals surface area contributed by atoms with Crippen LogP contribution in [0.25, 0.3) is 6.08 Å². The summed E-state index contributed by atoms with van der Waals surface area (Å²) >= 11 is 18.3. The van der Waals surface area contributed by atoms with Crippen LogP contribution < -0.4 is 10.2 Å². The standard InChI is InChI=1S/C18H12Cl2N2O3S2/c1-25-14-5-3-2-4-12(14)16(23)21-22-17(24)15(27-18(22)26)8-10-6-7-11(19)9-13(10)20/h2-9H,1H3,(H,21,23)/b15-8+. The molecule has 2 amide bonds. The van der Waals surface area contributed by atoms with E-state index in [1.54, 1.807) is 48.5 Å². The van der Waals surface area contributed by atoms with E-state index in [1.807, 2.05) is 0 Å². The minimum atomic E-state index is -0.505. The topological polar surface area (TPSA) is 58.6 Å². The van der Waals surface area contributed by atoms with Gasteiger partial charge in [-0.3, -0.25) is 15.0 Å². The Bertz CT molecular complexity index is 979. The zero-order chi connectivity index (χ0) is 19.6. The number of halogens is 2. The van der Waals surface area contributed by atoms with Gasteiger partial charge in [-0.2, -0.15) is 5.01 Å². The van der Waals surface area contributed by atoms with Crippen LogP contribution in [0.2, 0.25) is 10.0 Å². The highest BCUT2D eigenvalue weighted by Gasteiger charge is 2.34. The van der Waals surface area contributed by atoms with Crippen molar-refractivity contribution in [2.45, 2.75) is 0 Å². The molecular formula is C18H12Cl2N2O3S2. The number of carbonyl (C=O) groups is 2. The second kappa shape index (κ2) is 8.31. The van der Waals surface area contributed by atoms with Crippen LogP contribution in [0.3, 0.4) is 0 Å². The predicted octanol–water partition coefficient (Wildman–Crippen LogP) is 4.55. The van der Waals surface area contributed by atoms with Gasteiger partial charge in [-0.25, -0.2) is 0 Å². The molecule has 9 heteroatoms. The zero-order valence-corrected chi connectivity index (χ0v) is 17.0. The van der Waals surface area contributed by atoms with Gasteiger partial charge < -0.3 is 4.74 Å². The van der Waals surface area contributed by atoms with Crippen LogP contribution in [-0.2, 0) is 4.79 Å². The van der Waals surface area contributed by atoms with Gasteiger partial charge in [0, 0.05) is 10.0 Å². The Balaban J connectivity index is 1.82. The molecule has 0 aromatic heterocycles. The van der Waals surface area contributed by atoms with E-state index < -0.39 is 11.8 Å². The predicted molar refractivity (Wildman–Crippen MR) is 112 cm³/mol. The van der Waals surface area contributed by atoms with Gasteiger partial charge in [0.15, 0.2) is 4.32 Å². The molecule has 1 aliphatic rings. The number of nitrogens with one attached hydrogen (secondary N) is 1. The van der Waals surface area contributed by atoms with Crippen LogP contribution in [0.15, 0.2) is 47.4 Å². The first-order chi connectivity index (χ1) is 12.9. The van der Waals surface area contributed by atoms with Gasteiger partial charge in [0.05, 0.1) is 17.6 Å². The molecule has 0 unspecified atom stereocenters. The highest BCUT2D eigenvalue weighted by atomic mass is 35.5. The summed E-state index contributed by atoms with van der Waals surface area (Å²) in [6, 6.07) is 11.6. The summed E-state index contributed by atoms with van der Waals surface area (Å²) in [5, 5.41) is 1.93. The molecule has 0 atom stereocenters. The molecule has 5 nitrogen and oxygen atoms in total. The van der Waals surface area contributed by atoms with Gasteiger partial charge >= 0.3 is 0 Å². The molecule has 27 heavy (non-hydrogen) atoms. The van der Waals surface area contributed by atoms with Gasteiger partial charge in [0.2, 0.25) is 0 Å². The number of hydrogen-bond donors (Lipinski definition) is 1. The summed E-state index contributed by atoms with van der Waals surface area (Å²) in [5.41, 5.74) is 3.43. The van der Waals surface area contributed by atoms with Crippen molar-refractivity contribution in [1.29, 1.82) is 0 Å². The number of rotatable bonds is 4. The monoisotopic (exact) mass is 438 g/mol. The molecule has 2 aromatic rings. The Morgan fingerprint density at radius 1 is 1.26 bits per heavy atom. The lowest BCUT2D eigenvalue weighted by Crippen LogP contribution is -2.44. The molecule has 0 aliphatic carbocycles. The van der Waals surface area contributed by atoms with Gasteiger partial charge in [-0.1, -0.05) is 53.2 Å². The molecule has 3 rings (SSSR count). The zero-order valence-electron chi connectivity index (χ0n) is 13.9. The fourth-order valence-electron chi connectivity index (χ4n) is 2.32. The third-order valence-corrected chi connectivity index (χ3v) is 5.47. The van der Waals surface area contributed by atoms with E-state index in [4.69, 9.17) is 40.2 Å². The number of thioether (sulfide) groups is 1. The van der Waals surface area contributed by atoms with Crippen LogP contribution in [0.5, 0.6) is 5.75 Å². The number of methoxy groups -OCH3 is 1. The fraction of sp³-hybridized carbons (Fsp3) is 0.0556. The third kappa shape index (κ3) is 4.27. The first-order valence-electron chi connectivity index (χ1n) is 7.57. The normalized spacial score (nSPS) is 15.4. The van der Waals surface area contributed by atoms with Gasteiger partial charge in [0.25, 0.3) is 11.8 Å². The van der Waals surface area contributed by atoms with Crippen molar-refractivity contribution in [1.82, 2.24) is 10.4 Å². The maximum absolute atomic E-state index is 12.7. The average molecular weight is 439 g/mol. The Morgan fingerprint density at radius 3 is 2.70 bits per heavy atom. The van der Waals surface area contributed by atoms with E-state index in [-0.39, 0.29) is 4.32 Å². The summed E-state index contributed by atoms with van der Waals surface area (Å²) in [4.78, 5) is 25.5. The van der Waals surface area contributed by atoms with Crippen molar-refractivity contribution < 1.29 is 14.3 Å². The minimum absolute atomic E-state index is 0.208. The minimum Gasteiger partial charge on any atom is -0.496 e. The summed E-state index contributed by atoms with van der Waals surface area (Å²) in [6.45, 7) is 0. The number of nitrogens with zero attached hydrogens (tertiary/aromatic N) is 1. The van der Waals surface area contributed by atoms with Crippen molar-refractivity contribution in [2.75, 3.05) is 7.11 Å². The SMILES string of the molecule is COc1ccccc1C(=O)NN1C(=O)/C(=C\c2ccc(Cl)cc2Cl)SC1=S. The molecule has 1 heterocycles. The maximum Gasteiger partial charge on any atom is 0.285 e. The van der Waals surface area contributed by atoms with Crippen molar-refractivity contribution in [2.24, 2.45) is 0 Å². The molecule has 1 N–H and O–H groups in total. The number of ether oxygens (including phenoxy) is 1. The maximum atomic E-state index is 12.7. The quantitative estimate of drug-likeness (QED) is 0.560. The molecule has 1 aliphatic heterocycles. The second-order valence-electron chi connectivity index (χ2n) is 5.32. The van der Waals surface area contributed by atoms with Crippen molar-refractivity contribution in [3.05, 3.63) is 68.5 Å². The van der Waals surface area contributed by atoms with Gasteiger partial charge in [-0.05, 0) is 48.1 Å². The van der Waals surface area contributed by atoms with Crippen molar-refractivity contribution in [3.8, 4) is 5.75 Å². The second-order valence-corrected chi connectivity index (χ2v) is 7.84. The smallest absolute Gasteiger partial charge is 0.285 e. The summed E-state index contributed by atoms with van der Waals surface area (Å²) in [7, 11) is 1.46. The Labute approximate surface area is 175 Å². The van der Waals surface area contributed by atoms with E-state index in [2.05, 4.69) is 5.43 Å². The summed E-state index contributed by atoms with van der Waals surface area (Å²) < 4.78 is 5.38. The van der Waals surface area contributed by atoms with E-state index in [0.29, 0.717) is 31.8 Å². The van der Waals surface area contributed by atoms with E-state index in [1.165, 1.54) is 7.11 Å². The largest absolute Gasteiger partial charge is 0.496 e. The number of amides is 2. The lowest BCUT2D eigenvalue weighted by Gasteiger charge is -2.16. The van der Waals surface area contributed by atoms with Gasteiger partial charge in [0.1, 0.15) is 5.75 Å². The van der Waals surface area contributed by atoms with Crippen molar-refractivity contribution >= 4 is 69.4 Å². The first kappa shape index (κ1) is 19.7. The van der Waals surface area contributed by atoms with E-state index in [0.717, 1.165) is 16.8 Å². The molecule has 1 saturated heterocycles. The Morgan fingerprint density at radius 2 is 2.00 bits per heavy atom. The van der Waals surface area contributed by atoms with Crippen molar-refractivity contribution in [3.63, 3.8) is 0 Å². The lowest BCUT2D eigenvalue weighted by atomic mass is 10.2. The molecular weight excluding hydrogens is 427 g/mol. The molecule has 2 aromatic carbocycles. The van der Waals surface area contributed by atoms with Crippen LogP contribution in [-0.4, -0.2) is 28.3 Å². The molecule has 0 saturated carbocycles. The third-order valence-electron chi connectivity index (χ3n) is 3.61. The number of carbonyl (C=O) groups excluding carboxylic acids is 2. The molecule has 0 radical (unpaired) electrons. The van der Waals surface area contributed by atoms with Gasteiger partial charge in [-0.15, -0.1) is 0 Å². The number of thiocarbonyl (C=S) groups is 1. The number of hydrazine groups is 1. The van der Waals surface area contributed by atoms with Crippen LogP contribution >= 0.6 is 47.2 Å².